The van der Waals surface area contributed by atoms with Crippen molar-refractivity contribution in [3.8, 4) is 0 Å². The first-order valence-electron chi connectivity index (χ1n) is 8.22. The van der Waals surface area contributed by atoms with Crippen LogP contribution in [0, 0.1) is 5.82 Å². The number of imidazole rings is 1. The van der Waals surface area contributed by atoms with Crippen LogP contribution in [0.4, 0.5) is 4.39 Å². The van der Waals surface area contributed by atoms with Crippen LogP contribution in [0.2, 0.25) is 0 Å². The Kier molecular flexibility index (Phi) is 3.83. The van der Waals surface area contributed by atoms with E-state index in [-0.39, 0.29) is 5.82 Å². The molecule has 0 spiro atoms. The molecule has 0 unspecified atom stereocenters. The van der Waals surface area contributed by atoms with Crippen LogP contribution in [0.1, 0.15) is 30.3 Å². The summed E-state index contributed by atoms with van der Waals surface area (Å²) in [4.78, 5) is 4.85. The van der Waals surface area contributed by atoms with Crippen molar-refractivity contribution in [3.63, 3.8) is 0 Å². The molecule has 2 heterocycles. The quantitative estimate of drug-likeness (QED) is 0.799. The van der Waals surface area contributed by atoms with Crippen molar-refractivity contribution in [1.82, 2.24) is 14.9 Å². The highest BCUT2D eigenvalue weighted by Gasteiger charge is 2.21. The number of nitrogens with one attached hydrogen (secondary N) is 1. The Bertz CT molecular complexity index is 801. The Labute approximate surface area is 135 Å². The van der Waals surface area contributed by atoms with Gasteiger partial charge >= 0.3 is 0 Å². The number of benzene rings is 2. The van der Waals surface area contributed by atoms with Crippen LogP contribution in [0.5, 0.6) is 0 Å². The van der Waals surface area contributed by atoms with Gasteiger partial charge < -0.3 is 9.88 Å². The highest BCUT2D eigenvalue weighted by molar-refractivity contribution is 5.76. The molecule has 0 aliphatic carbocycles. The summed E-state index contributed by atoms with van der Waals surface area (Å²) in [7, 11) is 0. The van der Waals surface area contributed by atoms with Crippen molar-refractivity contribution in [2.45, 2.75) is 25.3 Å². The van der Waals surface area contributed by atoms with Crippen molar-refractivity contribution < 1.29 is 4.39 Å². The Morgan fingerprint density at radius 2 is 1.78 bits per heavy atom. The number of halogens is 1. The predicted molar refractivity (Wildman–Crippen MR) is 90.1 cm³/mol. The van der Waals surface area contributed by atoms with Gasteiger partial charge in [-0.25, -0.2) is 9.37 Å². The molecule has 0 atom stereocenters. The van der Waals surface area contributed by atoms with Crippen molar-refractivity contribution in [1.29, 1.82) is 0 Å². The molecule has 0 radical (unpaired) electrons. The van der Waals surface area contributed by atoms with Gasteiger partial charge in [0.2, 0.25) is 0 Å². The van der Waals surface area contributed by atoms with Gasteiger partial charge in [0, 0.05) is 12.5 Å². The molecule has 0 amide bonds. The molecule has 1 saturated heterocycles. The maximum Gasteiger partial charge on any atom is 0.123 e. The summed E-state index contributed by atoms with van der Waals surface area (Å²) in [6, 6.07) is 15.5. The number of hydrogen-bond acceptors (Lipinski definition) is 2. The van der Waals surface area contributed by atoms with E-state index in [0.29, 0.717) is 6.04 Å². The average molecular weight is 309 g/mol. The second-order valence-electron chi connectivity index (χ2n) is 6.17. The van der Waals surface area contributed by atoms with Crippen LogP contribution in [0.3, 0.4) is 0 Å². The van der Waals surface area contributed by atoms with E-state index in [1.165, 1.54) is 17.6 Å². The number of nitrogens with zero attached hydrogens (tertiary/aromatic N) is 2. The summed E-state index contributed by atoms with van der Waals surface area (Å²) in [5.74, 6) is 0.880. The van der Waals surface area contributed by atoms with Gasteiger partial charge in [-0.1, -0.05) is 24.3 Å². The fraction of sp³-hybridized carbons (Fsp3) is 0.316. The fourth-order valence-corrected chi connectivity index (χ4v) is 3.48. The van der Waals surface area contributed by atoms with Gasteiger partial charge in [0.05, 0.1) is 11.0 Å². The van der Waals surface area contributed by atoms with Crippen LogP contribution in [-0.2, 0) is 6.42 Å². The summed E-state index contributed by atoms with van der Waals surface area (Å²) in [6.45, 7) is 2.10. The summed E-state index contributed by atoms with van der Waals surface area (Å²) in [5.41, 5.74) is 3.34. The summed E-state index contributed by atoms with van der Waals surface area (Å²) in [6.07, 6.45) is 2.98. The minimum Gasteiger partial charge on any atom is -0.324 e. The smallest absolute Gasteiger partial charge is 0.123 e. The predicted octanol–water partition coefficient (Wildman–Crippen LogP) is 3.69. The standard InChI is InChI=1S/C19H20FN3/c20-15-7-5-14(6-8-15)13-19-22-17-3-1-2-4-18(17)23(19)16-9-11-21-12-10-16/h1-8,16,21H,9-13H2. The number of fused-ring (bicyclic) bond motifs is 1. The summed E-state index contributed by atoms with van der Waals surface area (Å²) in [5, 5.41) is 3.42. The van der Waals surface area contributed by atoms with Gasteiger partial charge in [-0.2, -0.15) is 0 Å². The van der Waals surface area contributed by atoms with Crippen LogP contribution >= 0.6 is 0 Å². The van der Waals surface area contributed by atoms with Crippen molar-refractivity contribution in [2.75, 3.05) is 13.1 Å². The van der Waals surface area contributed by atoms with Crippen molar-refractivity contribution in [2.24, 2.45) is 0 Å². The minimum absolute atomic E-state index is 0.194. The number of rotatable bonds is 3. The molecule has 0 bridgehead atoms. The lowest BCUT2D eigenvalue weighted by molar-refractivity contribution is 0.368. The summed E-state index contributed by atoms with van der Waals surface area (Å²) >= 11 is 0. The van der Waals surface area contributed by atoms with Gasteiger partial charge in [-0.3, -0.25) is 0 Å². The van der Waals surface area contributed by atoms with Gasteiger partial charge in [0.15, 0.2) is 0 Å². The molecular weight excluding hydrogens is 289 g/mol. The van der Waals surface area contributed by atoms with E-state index < -0.39 is 0 Å². The topological polar surface area (TPSA) is 29.9 Å². The lowest BCUT2D eigenvalue weighted by Crippen LogP contribution is -2.30. The first-order chi connectivity index (χ1) is 11.3. The molecule has 2 aromatic carbocycles. The molecule has 1 aliphatic heterocycles. The number of para-hydroxylation sites is 2. The first-order valence-corrected chi connectivity index (χ1v) is 8.22. The molecule has 3 aromatic rings. The van der Waals surface area contributed by atoms with Crippen molar-refractivity contribution >= 4 is 11.0 Å². The third-order valence-corrected chi connectivity index (χ3v) is 4.62. The molecule has 118 valence electrons. The van der Waals surface area contributed by atoms with E-state index in [1.807, 2.05) is 18.2 Å². The molecule has 1 N–H and O–H groups in total. The van der Waals surface area contributed by atoms with Gasteiger partial charge in [-0.15, -0.1) is 0 Å². The van der Waals surface area contributed by atoms with E-state index in [0.717, 1.165) is 49.3 Å². The lowest BCUT2D eigenvalue weighted by atomic mass is 10.1. The zero-order chi connectivity index (χ0) is 15.6. The monoisotopic (exact) mass is 309 g/mol. The fourth-order valence-electron chi connectivity index (χ4n) is 3.48. The molecule has 1 fully saturated rings. The van der Waals surface area contributed by atoms with E-state index in [2.05, 4.69) is 28.1 Å². The Morgan fingerprint density at radius 1 is 1.04 bits per heavy atom. The molecule has 3 nitrogen and oxygen atoms in total. The largest absolute Gasteiger partial charge is 0.324 e. The van der Waals surface area contributed by atoms with E-state index in [9.17, 15) is 4.39 Å². The lowest BCUT2D eigenvalue weighted by Gasteiger charge is -2.26. The molecule has 23 heavy (non-hydrogen) atoms. The van der Waals surface area contributed by atoms with E-state index in [1.54, 1.807) is 0 Å². The first kappa shape index (κ1) is 14.4. The highest BCUT2D eigenvalue weighted by Crippen LogP contribution is 2.28. The Morgan fingerprint density at radius 3 is 2.57 bits per heavy atom. The summed E-state index contributed by atoms with van der Waals surface area (Å²) < 4.78 is 15.5. The molecule has 1 aliphatic rings. The average Bonchev–Trinajstić information content (AvgIpc) is 2.95. The van der Waals surface area contributed by atoms with Gasteiger partial charge in [0.25, 0.3) is 0 Å². The molecular formula is C19H20FN3. The normalized spacial score (nSPS) is 16.0. The Hall–Kier alpha value is -2.20. The van der Waals surface area contributed by atoms with Gasteiger partial charge in [-0.05, 0) is 55.8 Å². The number of hydrogen-bond donors (Lipinski definition) is 1. The molecule has 4 rings (SSSR count). The Balaban J connectivity index is 1.76. The van der Waals surface area contributed by atoms with Crippen LogP contribution in [0.15, 0.2) is 48.5 Å². The zero-order valence-corrected chi connectivity index (χ0v) is 13.0. The van der Waals surface area contributed by atoms with Crippen LogP contribution in [0.25, 0.3) is 11.0 Å². The van der Waals surface area contributed by atoms with Crippen LogP contribution in [-0.4, -0.2) is 22.6 Å². The second-order valence-corrected chi connectivity index (χ2v) is 6.17. The molecule has 4 heteroatoms. The number of aromatic nitrogens is 2. The third-order valence-electron chi connectivity index (χ3n) is 4.62. The zero-order valence-electron chi connectivity index (χ0n) is 13.0. The highest BCUT2D eigenvalue weighted by atomic mass is 19.1. The number of piperidine rings is 1. The van der Waals surface area contributed by atoms with Gasteiger partial charge in [0.1, 0.15) is 11.6 Å². The van der Waals surface area contributed by atoms with Crippen molar-refractivity contribution in [3.05, 3.63) is 65.7 Å². The van der Waals surface area contributed by atoms with E-state index in [4.69, 9.17) is 4.98 Å². The molecule has 0 saturated carbocycles. The van der Waals surface area contributed by atoms with Crippen LogP contribution < -0.4 is 5.32 Å². The van der Waals surface area contributed by atoms with E-state index >= 15 is 0 Å². The minimum atomic E-state index is -0.194. The SMILES string of the molecule is Fc1ccc(Cc2nc3ccccc3n2C2CCNCC2)cc1. The second kappa shape index (κ2) is 6.13. The molecule has 1 aromatic heterocycles. The maximum absolute atomic E-state index is 13.1. The maximum atomic E-state index is 13.1. The third kappa shape index (κ3) is 2.86.